The monoisotopic (exact) mass is 357 g/mol. The van der Waals surface area contributed by atoms with Gasteiger partial charge in [0.2, 0.25) is 0 Å². The fraction of sp³-hybridized carbons (Fsp3) is 0.955. The smallest absolute Gasteiger partial charge is 0.303 e. The molecule has 3 nitrogen and oxygen atoms in total. The summed E-state index contributed by atoms with van der Waals surface area (Å²) in [5.41, 5.74) is 0. The molecule has 0 aliphatic heterocycles. The van der Waals surface area contributed by atoms with Crippen LogP contribution in [0.1, 0.15) is 117 Å². The molecule has 0 unspecified atom stereocenters. The van der Waals surface area contributed by atoms with Crippen molar-refractivity contribution in [2.45, 2.75) is 117 Å². The number of hydrogen-bond donors (Lipinski definition) is 1. The molecule has 0 aromatic rings. The lowest BCUT2D eigenvalue weighted by atomic mass is 10.1. The zero-order valence-corrected chi connectivity index (χ0v) is 17.8. The molecule has 152 valence electrons. The van der Waals surface area contributed by atoms with E-state index in [9.17, 15) is 4.79 Å². The van der Waals surface area contributed by atoms with Crippen LogP contribution in [-0.4, -0.2) is 36.6 Å². The molecule has 0 heterocycles. The highest BCUT2D eigenvalue weighted by Crippen LogP contribution is 2.11. The molecule has 0 radical (unpaired) electrons. The lowest BCUT2D eigenvalue weighted by molar-refractivity contribution is -0.137. The number of carboxylic acids is 1. The van der Waals surface area contributed by atoms with Crippen molar-refractivity contribution in [3.63, 3.8) is 0 Å². The highest BCUT2D eigenvalue weighted by Gasteiger charge is 1.94. The summed E-state index contributed by atoms with van der Waals surface area (Å²) in [5.74, 6) is -0.682. The molecule has 0 aromatic carbocycles. The molecule has 0 saturated heterocycles. The first kappa shape index (κ1) is 26.7. The van der Waals surface area contributed by atoms with E-state index in [1.54, 1.807) is 0 Å². The number of hydrogen-bond acceptors (Lipinski definition) is 2. The van der Waals surface area contributed by atoms with Crippen LogP contribution >= 0.6 is 0 Å². The van der Waals surface area contributed by atoms with Crippen molar-refractivity contribution >= 4 is 5.97 Å². The maximum Gasteiger partial charge on any atom is 0.303 e. The van der Waals surface area contributed by atoms with Gasteiger partial charge < -0.3 is 10.0 Å². The molecular formula is C22H47NO2. The van der Waals surface area contributed by atoms with Crippen LogP contribution in [0.25, 0.3) is 0 Å². The van der Waals surface area contributed by atoms with Crippen LogP contribution in [0, 0.1) is 0 Å². The van der Waals surface area contributed by atoms with Crippen LogP contribution in [0.3, 0.4) is 0 Å². The Labute approximate surface area is 158 Å². The second-order valence-corrected chi connectivity index (χ2v) is 7.54. The number of carbonyl (C=O) groups is 1. The van der Waals surface area contributed by atoms with Gasteiger partial charge in [-0.1, -0.05) is 97.3 Å². The summed E-state index contributed by atoms with van der Waals surface area (Å²) in [6, 6.07) is 0. The van der Waals surface area contributed by atoms with E-state index in [2.05, 4.69) is 32.8 Å². The minimum absolute atomic E-state index is 0.327. The van der Waals surface area contributed by atoms with Crippen LogP contribution < -0.4 is 0 Å². The molecule has 0 spiro atoms. The topological polar surface area (TPSA) is 40.5 Å². The molecule has 0 amide bonds. The highest BCUT2D eigenvalue weighted by molar-refractivity contribution is 5.66. The molecule has 0 bridgehead atoms. The lowest BCUT2D eigenvalue weighted by Crippen LogP contribution is -2.12. The van der Waals surface area contributed by atoms with E-state index in [-0.39, 0.29) is 0 Å². The lowest BCUT2D eigenvalue weighted by Gasteiger charge is -2.08. The van der Waals surface area contributed by atoms with Gasteiger partial charge >= 0.3 is 5.97 Å². The molecule has 0 atom stereocenters. The molecular weight excluding hydrogens is 310 g/mol. The van der Waals surface area contributed by atoms with Gasteiger partial charge in [-0.15, -0.1) is 0 Å². The van der Waals surface area contributed by atoms with Crippen LogP contribution in [0.4, 0.5) is 0 Å². The van der Waals surface area contributed by atoms with E-state index in [1.807, 2.05) is 0 Å². The van der Waals surface area contributed by atoms with E-state index in [1.165, 1.54) is 83.6 Å². The van der Waals surface area contributed by atoms with Gasteiger partial charge in [-0.3, -0.25) is 4.79 Å². The third kappa shape index (κ3) is 31.7. The fourth-order valence-corrected chi connectivity index (χ4v) is 2.80. The SMILES string of the molecule is CCCCCC(=O)O.CCCCCCCCCCCCCCN(C)C. The van der Waals surface area contributed by atoms with Gasteiger partial charge in [0.15, 0.2) is 0 Å². The third-order valence-corrected chi connectivity index (χ3v) is 4.45. The Balaban J connectivity index is 0. The predicted octanol–water partition coefficient (Wildman–Crippen LogP) is 6.90. The Morgan fingerprint density at radius 1 is 0.640 bits per heavy atom. The van der Waals surface area contributed by atoms with Crippen molar-refractivity contribution in [2.75, 3.05) is 20.6 Å². The van der Waals surface area contributed by atoms with Crippen molar-refractivity contribution in [3.05, 3.63) is 0 Å². The number of carboxylic acid groups (broad SMARTS) is 1. The Bertz CT molecular complexity index is 254. The fourth-order valence-electron chi connectivity index (χ4n) is 2.80. The molecule has 0 aliphatic carbocycles. The van der Waals surface area contributed by atoms with Crippen LogP contribution in [0.5, 0.6) is 0 Å². The number of nitrogens with zero attached hydrogens (tertiary/aromatic N) is 1. The maximum atomic E-state index is 9.87. The van der Waals surface area contributed by atoms with Crippen LogP contribution in [0.2, 0.25) is 0 Å². The van der Waals surface area contributed by atoms with E-state index in [0.29, 0.717) is 6.42 Å². The van der Waals surface area contributed by atoms with Crippen molar-refractivity contribution in [1.82, 2.24) is 4.90 Å². The summed E-state index contributed by atoms with van der Waals surface area (Å²) in [4.78, 5) is 12.2. The van der Waals surface area contributed by atoms with Crippen molar-refractivity contribution in [1.29, 1.82) is 0 Å². The Hall–Kier alpha value is -0.570. The normalized spacial score (nSPS) is 10.6. The molecule has 1 N–H and O–H groups in total. The van der Waals surface area contributed by atoms with E-state index in [0.717, 1.165) is 19.3 Å². The minimum atomic E-state index is -0.682. The first-order valence-electron chi connectivity index (χ1n) is 10.9. The summed E-state index contributed by atoms with van der Waals surface area (Å²) >= 11 is 0. The van der Waals surface area contributed by atoms with Gasteiger partial charge in [0.1, 0.15) is 0 Å². The zero-order chi connectivity index (χ0) is 19.2. The third-order valence-electron chi connectivity index (χ3n) is 4.45. The van der Waals surface area contributed by atoms with Gasteiger partial charge in [0.05, 0.1) is 0 Å². The summed E-state index contributed by atoms with van der Waals surface area (Å²) in [5, 5.41) is 8.14. The van der Waals surface area contributed by atoms with Gasteiger partial charge in [0, 0.05) is 6.42 Å². The maximum absolute atomic E-state index is 9.87. The summed E-state index contributed by atoms with van der Waals surface area (Å²) in [7, 11) is 4.33. The largest absolute Gasteiger partial charge is 0.481 e. The van der Waals surface area contributed by atoms with E-state index < -0.39 is 5.97 Å². The average Bonchev–Trinajstić information content (AvgIpc) is 2.56. The zero-order valence-electron chi connectivity index (χ0n) is 17.8. The Morgan fingerprint density at radius 3 is 1.36 bits per heavy atom. The summed E-state index contributed by atoms with van der Waals surface area (Å²) in [6.45, 7) is 5.61. The second kappa shape index (κ2) is 23.4. The van der Waals surface area contributed by atoms with Crippen molar-refractivity contribution < 1.29 is 9.90 Å². The van der Waals surface area contributed by atoms with E-state index in [4.69, 9.17) is 5.11 Å². The predicted molar refractivity (Wildman–Crippen MR) is 111 cm³/mol. The van der Waals surface area contributed by atoms with E-state index >= 15 is 0 Å². The first-order valence-corrected chi connectivity index (χ1v) is 10.9. The van der Waals surface area contributed by atoms with Crippen molar-refractivity contribution in [2.24, 2.45) is 0 Å². The Kier molecular flexibility index (Phi) is 25.0. The highest BCUT2D eigenvalue weighted by atomic mass is 16.4. The number of aliphatic carboxylic acids is 1. The molecule has 0 aromatic heterocycles. The molecule has 0 saturated carbocycles. The molecule has 0 rings (SSSR count). The van der Waals surface area contributed by atoms with Gasteiger partial charge in [-0.25, -0.2) is 0 Å². The molecule has 0 aliphatic rings. The van der Waals surface area contributed by atoms with Gasteiger partial charge in [-0.2, -0.15) is 0 Å². The molecule has 3 heteroatoms. The first-order chi connectivity index (χ1) is 12.0. The summed E-state index contributed by atoms with van der Waals surface area (Å²) < 4.78 is 0. The minimum Gasteiger partial charge on any atom is -0.481 e. The quantitative estimate of drug-likeness (QED) is 0.288. The molecule has 0 fully saturated rings. The van der Waals surface area contributed by atoms with Crippen molar-refractivity contribution in [3.8, 4) is 0 Å². The number of unbranched alkanes of at least 4 members (excludes halogenated alkanes) is 13. The van der Waals surface area contributed by atoms with Gasteiger partial charge in [-0.05, 0) is 33.5 Å². The summed E-state index contributed by atoms with van der Waals surface area (Å²) in [6.07, 6.45) is 20.6. The molecule has 25 heavy (non-hydrogen) atoms. The second-order valence-electron chi connectivity index (χ2n) is 7.54. The average molecular weight is 358 g/mol. The number of rotatable bonds is 17. The van der Waals surface area contributed by atoms with Crippen LogP contribution in [0.15, 0.2) is 0 Å². The van der Waals surface area contributed by atoms with Crippen LogP contribution in [-0.2, 0) is 4.79 Å². The Morgan fingerprint density at radius 2 is 1.00 bits per heavy atom. The van der Waals surface area contributed by atoms with Gasteiger partial charge in [0.25, 0.3) is 0 Å². The standard InChI is InChI=1S/C16H35N.C6H12O2/c1-4-5-6-7-8-9-10-11-12-13-14-15-16-17(2)3;1-2-3-4-5-6(7)8/h4-16H2,1-3H3;2-5H2,1H3,(H,7,8).